The number of unbranched alkanes of at least 4 members (excludes halogenated alkanes) is 6. The fraction of sp³-hybridized carbons (Fsp3) is 0.769. The van der Waals surface area contributed by atoms with E-state index in [1.165, 1.54) is 12.1 Å². The molecule has 0 heterocycles. The minimum Gasteiger partial charge on any atom is -0.462 e. The van der Waals surface area contributed by atoms with Crippen molar-refractivity contribution < 1.29 is 28.6 Å². The molecule has 0 saturated heterocycles. The summed E-state index contributed by atoms with van der Waals surface area (Å²) in [6.45, 7) is 14.0. The Balaban J connectivity index is 3.19. The van der Waals surface area contributed by atoms with Crippen LogP contribution < -0.4 is 0 Å². The molecular weight excluding hydrogens is 564 g/mol. The lowest BCUT2D eigenvalue weighted by Crippen LogP contribution is -2.21. The Morgan fingerprint density at radius 2 is 0.778 bits per heavy atom. The molecule has 6 nitrogen and oxygen atoms in total. The summed E-state index contributed by atoms with van der Waals surface area (Å²) in [5.41, 5.74) is 0.468. The topological polar surface area (TPSA) is 78.9 Å². The monoisotopic (exact) mass is 630 g/mol. The van der Waals surface area contributed by atoms with Crippen molar-refractivity contribution >= 4 is 17.9 Å². The normalized spacial score (nSPS) is 11.4. The zero-order valence-electron chi connectivity index (χ0n) is 29.8. The van der Waals surface area contributed by atoms with E-state index in [-0.39, 0.29) is 22.6 Å². The standard InChI is InChI=1S/C39H66O6/c1-7-13-19-31(20-14-8-2)28-43-37(40)34-25-26-35(38(41)44-29-32(21-15-9-3)22-16-10-4)36(27-34)39(42)45-30-33(23-17-11-5)24-18-12-6/h25-27,31-33H,7-24,28-30H2,1-6H3. The second-order valence-electron chi connectivity index (χ2n) is 13.0. The van der Waals surface area contributed by atoms with Gasteiger partial charge in [0.05, 0.1) is 36.5 Å². The second-order valence-corrected chi connectivity index (χ2v) is 13.0. The maximum Gasteiger partial charge on any atom is 0.339 e. The molecule has 0 bridgehead atoms. The first-order valence-corrected chi connectivity index (χ1v) is 18.5. The Kier molecular flexibility index (Phi) is 23.3. The Morgan fingerprint density at radius 3 is 1.11 bits per heavy atom. The van der Waals surface area contributed by atoms with E-state index in [1.54, 1.807) is 6.07 Å². The van der Waals surface area contributed by atoms with Crippen LogP contribution in [0.2, 0.25) is 0 Å². The number of carbonyl (C=O) groups is 3. The van der Waals surface area contributed by atoms with E-state index in [0.717, 1.165) is 116 Å². The van der Waals surface area contributed by atoms with Crippen LogP contribution in [0.1, 0.15) is 188 Å². The first-order chi connectivity index (χ1) is 21.8. The van der Waals surface area contributed by atoms with E-state index in [9.17, 15) is 14.4 Å². The van der Waals surface area contributed by atoms with Crippen LogP contribution in [0.3, 0.4) is 0 Å². The molecule has 0 saturated carbocycles. The highest BCUT2D eigenvalue weighted by Gasteiger charge is 2.25. The van der Waals surface area contributed by atoms with Crippen LogP contribution in [0.4, 0.5) is 0 Å². The predicted molar refractivity (Wildman–Crippen MR) is 185 cm³/mol. The number of hydrogen-bond donors (Lipinski definition) is 0. The van der Waals surface area contributed by atoms with Crippen molar-refractivity contribution in [2.24, 2.45) is 17.8 Å². The molecule has 45 heavy (non-hydrogen) atoms. The highest BCUT2D eigenvalue weighted by Crippen LogP contribution is 2.23. The van der Waals surface area contributed by atoms with Crippen LogP contribution in [-0.4, -0.2) is 37.7 Å². The van der Waals surface area contributed by atoms with Gasteiger partial charge in [0.15, 0.2) is 0 Å². The van der Waals surface area contributed by atoms with Crippen molar-refractivity contribution in [3.63, 3.8) is 0 Å². The molecule has 1 aromatic rings. The average Bonchev–Trinajstić information content (AvgIpc) is 3.06. The lowest BCUT2D eigenvalue weighted by molar-refractivity contribution is 0.0374. The SMILES string of the molecule is CCCCC(CCCC)COC(=O)c1ccc(C(=O)OCC(CCCC)CCCC)c(C(=O)OCC(CCCC)CCCC)c1. The third-order valence-corrected chi connectivity index (χ3v) is 8.84. The molecule has 0 radical (unpaired) electrons. The third-order valence-electron chi connectivity index (χ3n) is 8.84. The van der Waals surface area contributed by atoms with Gasteiger partial charge in [-0.3, -0.25) is 0 Å². The second kappa shape index (κ2) is 25.8. The van der Waals surface area contributed by atoms with Crippen molar-refractivity contribution in [2.75, 3.05) is 19.8 Å². The minimum absolute atomic E-state index is 0.0753. The lowest BCUT2D eigenvalue weighted by atomic mass is 9.96. The van der Waals surface area contributed by atoms with Crippen molar-refractivity contribution in [3.05, 3.63) is 34.9 Å². The Hall–Kier alpha value is -2.37. The molecule has 0 atom stereocenters. The van der Waals surface area contributed by atoms with Gasteiger partial charge in [0.1, 0.15) is 0 Å². The van der Waals surface area contributed by atoms with Crippen LogP contribution in [0.25, 0.3) is 0 Å². The molecule has 258 valence electrons. The summed E-state index contributed by atoms with van der Waals surface area (Å²) < 4.78 is 17.4. The van der Waals surface area contributed by atoms with Gasteiger partial charge in [-0.2, -0.15) is 0 Å². The molecule has 0 amide bonds. The van der Waals surface area contributed by atoms with Gasteiger partial charge in [-0.15, -0.1) is 0 Å². The van der Waals surface area contributed by atoms with Crippen molar-refractivity contribution in [1.82, 2.24) is 0 Å². The molecule has 6 heteroatoms. The zero-order chi connectivity index (χ0) is 33.3. The summed E-state index contributed by atoms with van der Waals surface area (Å²) >= 11 is 0. The number of benzene rings is 1. The number of esters is 3. The first-order valence-electron chi connectivity index (χ1n) is 18.5. The van der Waals surface area contributed by atoms with Crippen molar-refractivity contribution in [3.8, 4) is 0 Å². The molecule has 0 aromatic heterocycles. The summed E-state index contributed by atoms with van der Waals surface area (Å²) in [5.74, 6) is -0.725. The van der Waals surface area contributed by atoms with E-state index in [2.05, 4.69) is 41.5 Å². The van der Waals surface area contributed by atoms with Crippen LogP contribution in [0, 0.1) is 17.8 Å². The number of ether oxygens (including phenoxy) is 3. The van der Waals surface area contributed by atoms with Crippen LogP contribution in [-0.2, 0) is 14.2 Å². The number of carbonyl (C=O) groups excluding carboxylic acids is 3. The molecule has 1 aromatic carbocycles. The molecular formula is C39H66O6. The Labute approximate surface area is 275 Å². The van der Waals surface area contributed by atoms with Gasteiger partial charge in [-0.25, -0.2) is 14.4 Å². The lowest BCUT2D eigenvalue weighted by Gasteiger charge is -2.19. The molecule has 0 fully saturated rings. The molecule has 0 aliphatic rings. The summed E-state index contributed by atoms with van der Waals surface area (Å²) in [5, 5.41) is 0. The van der Waals surface area contributed by atoms with Crippen LogP contribution in [0.5, 0.6) is 0 Å². The Morgan fingerprint density at radius 1 is 0.467 bits per heavy atom. The van der Waals surface area contributed by atoms with Crippen LogP contribution in [0.15, 0.2) is 18.2 Å². The summed E-state index contributed by atoms with van der Waals surface area (Å²) in [4.78, 5) is 40.1. The fourth-order valence-electron chi connectivity index (χ4n) is 5.73. The van der Waals surface area contributed by atoms with E-state index in [0.29, 0.717) is 31.7 Å². The van der Waals surface area contributed by atoms with Crippen molar-refractivity contribution in [2.45, 2.75) is 157 Å². The smallest absolute Gasteiger partial charge is 0.339 e. The van der Waals surface area contributed by atoms with Crippen LogP contribution >= 0.6 is 0 Å². The maximum atomic E-state index is 13.5. The summed E-state index contributed by atoms with van der Waals surface area (Å²) in [7, 11) is 0. The minimum atomic E-state index is -0.591. The number of rotatable bonds is 27. The van der Waals surface area contributed by atoms with Gasteiger partial charge in [-0.05, 0) is 74.5 Å². The van der Waals surface area contributed by atoms with E-state index in [1.807, 2.05) is 0 Å². The zero-order valence-corrected chi connectivity index (χ0v) is 29.8. The van der Waals surface area contributed by atoms with E-state index >= 15 is 0 Å². The van der Waals surface area contributed by atoms with Crippen molar-refractivity contribution in [1.29, 1.82) is 0 Å². The van der Waals surface area contributed by atoms with Gasteiger partial charge < -0.3 is 14.2 Å². The largest absolute Gasteiger partial charge is 0.462 e. The molecule has 0 N–H and O–H groups in total. The quantitative estimate of drug-likeness (QED) is 0.0711. The highest BCUT2D eigenvalue weighted by atomic mass is 16.5. The maximum absolute atomic E-state index is 13.5. The van der Waals surface area contributed by atoms with Gasteiger partial charge in [0.2, 0.25) is 0 Å². The highest BCUT2D eigenvalue weighted by molar-refractivity contribution is 6.05. The summed E-state index contributed by atoms with van der Waals surface area (Å²) in [6, 6.07) is 4.56. The van der Waals surface area contributed by atoms with Gasteiger partial charge in [-0.1, -0.05) is 119 Å². The molecule has 0 spiro atoms. The van der Waals surface area contributed by atoms with Gasteiger partial charge in [0, 0.05) is 0 Å². The van der Waals surface area contributed by atoms with Gasteiger partial charge in [0.25, 0.3) is 0 Å². The average molecular weight is 631 g/mol. The molecule has 0 aliphatic heterocycles. The Bertz CT molecular complexity index is 917. The molecule has 1 rings (SSSR count). The summed E-state index contributed by atoms with van der Waals surface area (Å²) in [6.07, 6.45) is 19.2. The van der Waals surface area contributed by atoms with E-state index in [4.69, 9.17) is 14.2 Å². The molecule has 0 aliphatic carbocycles. The molecule has 0 unspecified atom stereocenters. The number of hydrogen-bond acceptors (Lipinski definition) is 6. The first kappa shape index (κ1) is 40.7. The third kappa shape index (κ3) is 17.2. The fourth-order valence-corrected chi connectivity index (χ4v) is 5.73. The predicted octanol–water partition coefficient (Wildman–Crippen LogP) is 11.1. The van der Waals surface area contributed by atoms with Gasteiger partial charge >= 0.3 is 17.9 Å². The van der Waals surface area contributed by atoms with E-state index < -0.39 is 17.9 Å².